The van der Waals surface area contributed by atoms with Crippen molar-refractivity contribution in [2.24, 2.45) is 0 Å². The Morgan fingerprint density at radius 3 is 2.68 bits per heavy atom. The number of ether oxygens (including phenoxy) is 2. The zero-order chi connectivity index (χ0) is 15.9. The lowest BCUT2D eigenvalue weighted by molar-refractivity contribution is -0.122. The van der Waals surface area contributed by atoms with Crippen LogP contribution < -0.4 is 5.32 Å². The molecule has 0 radical (unpaired) electrons. The summed E-state index contributed by atoms with van der Waals surface area (Å²) in [7, 11) is 1.73. The van der Waals surface area contributed by atoms with Crippen LogP contribution in [0, 0.1) is 0 Å². The second kappa shape index (κ2) is 8.82. The second-order valence-corrected chi connectivity index (χ2v) is 6.55. The lowest BCUT2D eigenvalue weighted by Crippen LogP contribution is -2.44. The maximum absolute atomic E-state index is 12.2. The van der Waals surface area contributed by atoms with Crippen LogP contribution in [0.25, 0.3) is 0 Å². The Labute approximate surface area is 134 Å². The van der Waals surface area contributed by atoms with Crippen molar-refractivity contribution in [2.75, 3.05) is 53.0 Å². The highest BCUT2D eigenvalue weighted by molar-refractivity contribution is 5.76. The van der Waals surface area contributed by atoms with Gasteiger partial charge in [0.25, 0.3) is 0 Å². The predicted molar refractivity (Wildman–Crippen MR) is 85.9 cm³/mol. The molecule has 6 heteroatoms. The summed E-state index contributed by atoms with van der Waals surface area (Å²) in [5, 5.41) is 3.15. The number of carbonyl (C=O) groups excluding carboxylic acids is 1. The first kappa shape index (κ1) is 17.7. The number of nitrogens with one attached hydrogen (secondary N) is 1. The Morgan fingerprint density at radius 1 is 1.32 bits per heavy atom. The molecule has 0 saturated carbocycles. The molecule has 2 fully saturated rings. The van der Waals surface area contributed by atoms with E-state index in [9.17, 15) is 4.79 Å². The molecular formula is C16H31N3O3. The molecule has 2 aliphatic heterocycles. The van der Waals surface area contributed by atoms with Gasteiger partial charge in [-0.1, -0.05) is 0 Å². The smallest absolute Gasteiger partial charge is 0.220 e. The van der Waals surface area contributed by atoms with Crippen LogP contribution in [0.3, 0.4) is 0 Å². The van der Waals surface area contributed by atoms with Gasteiger partial charge in [0, 0.05) is 45.8 Å². The number of hydrogen-bond acceptors (Lipinski definition) is 5. The van der Waals surface area contributed by atoms with Crippen molar-refractivity contribution in [2.45, 2.75) is 44.9 Å². The van der Waals surface area contributed by atoms with Gasteiger partial charge in [-0.15, -0.1) is 0 Å². The lowest BCUT2D eigenvalue weighted by Gasteiger charge is -2.26. The summed E-state index contributed by atoms with van der Waals surface area (Å²) in [5.74, 6) is 0.144. The van der Waals surface area contributed by atoms with Gasteiger partial charge in [0.15, 0.2) is 0 Å². The Kier molecular flexibility index (Phi) is 7.08. The van der Waals surface area contributed by atoms with Gasteiger partial charge in [0.05, 0.1) is 25.4 Å². The molecule has 2 aliphatic rings. The maximum atomic E-state index is 12.2. The van der Waals surface area contributed by atoms with Crippen molar-refractivity contribution < 1.29 is 14.3 Å². The van der Waals surface area contributed by atoms with Crippen LogP contribution in [0.5, 0.6) is 0 Å². The number of hydrogen-bond donors (Lipinski definition) is 1. The minimum atomic E-state index is 0.102. The number of likely N-dealkylation sites (tertiary alicyclic amines) is 1. The van der Waals surface area contributed by atoms with E-state index in [2.05, 4.69) is 29.0 Å². The van der Waals surface area contributed by atoms with Crippen molar-refractivity contribution in [1.82, 2.24) is 15.1 Å². The fourth-order valence-electron chi connectivity index (χ4n) is 3.17. The van der Waals surface area contributed by atoms with E-state index in [1.807, 2.05) is 0 Å². The van der Waals surface area contributed by atoms with Crippen molar-refractivity contribution in [1.29, 1.82) is 0 Å². The van der Waals surface area contributed by atoms with E-state index in [1.54, 1.807) is 7.11 Å². The van der Waals surface area contributed by atoms with E-state index in [4.69, 9.17) is 9.47 Å². The molecule has 1 amide bonds. The second-order valence-electron chi connectivity index (χ2n) is 6.55. The van der Waals surface area contributed by atoms with Crippen LogP contribution in [0.4, 0.5) is 0 Å². The molecule has 2 rings (SSSR count). The van der Waals surface area contributed by atoms with Crippen LogP contribution in [-0.4, -0.2) is 86.9 Å². The Bertz CT molecular complexity index is 346. The largest absolute Gasteiger partial charge is 0.379 e. The van der Waals surface area contributed by atoms with Crippen molar-refractivity contribution in [3.63, 3.8) is 0 Å². The first-order chi connectivity index (χ1) is 10.6. The van der Waals surface area contributed by atoms with E-state index in [1.165, 1.54) is 0 Å². The van der Waals surface area contributed by atoms with E-state index in [0.717, 1.165) is 52.4 Å². The monoisotopic (exact) mass is 313 g/mol. The third kappa shape index (κ3) is 5.19. The Morgan fingerprint density at radius 2 is 2.05 bits per heavy atom. The molecule has 2 saturated heterocycles. The average molecular weight is 313 g/mol. The van der Waals surface area contributed by atoms with Gasteiger partial charge in [0.1, 0.15) is 0 Å². The SMILES string of the molecule is COC1CN(C(C)C)CC1NC(=O)CCCN1CCOCC1. The standard InChI is InChI=1S/C16H31N3O3/c1-13(2)19-11-14(15(12-19)21-3)17-16(20)5-4-6-18-7-9-22-10-8-18/h13-15H,4-12H2,1-3H3,(H,17,20). The molecule has 22 heavy (non-hydrogen) atoms. The van der Waals surface area contributed by atoms with Crippen molar-refractivity contribution in [3.05, 3.63) is 0 Å². The topological polar surface area (TPSA) is 54.0 Å². The molecule has 0 aromatic rings. The maximum Gasteiger partial charge on any atom is 0.220 e. The van der Waals surface area contributed by atoms with E-state index >= 15 is 0 Å². The molecule has 2 atom stereocenters. The molecule has 1 N–H and O–H groups in total. The van der Waals surface area contributed by atoms with Gasteiger partial charge in [-0.05, 0) is 26.8 Å². The van der Waals surface area contributed by atoms with Crippen LogP contribution in [0.15, 0.2) is 0 Å². The minimum Gasteiger partial charge on any atom is -0.379 e. The molecule has 2 unspecified atom stereocenters. The summed E-state index contributed by atoms with van der Waals surface area (Å²) in [6, 6.07) is 0.601. The third-order valence-corrected chi connectivity index (χ3v) is 4.66. The number of nitrogens with zero attached hydrogens (tertiary/aromatic N) is 2. The van der Waals surface area contributed by atoms with Crippen molar-refractivity contribution >= 4 is 5.91 Å². The highest BCUT2D eigenvalue weighted by atomic mass is 16.5. The molecule has 0 bridgehead atoms. The van der Waals surface area contributed by atoms with Gasteiger partial charge in [-0.3, -0.25) is 14.6 Å². The van der Waals surface area contributed by atoms with Gasteiger partial charge >= 0.3 is 0 Å². The minimum absolute atomic E-state index is 0.102. The number of methoxy groups -OCH3 is 1. The molecule has 2 heterocycles. The van der Waals surface area contributed by atoms with Crippen molar-refractivity contribution in [3.8, 4) is 0 Å². The lowest BCUT2D eigenvalue weighted by atomic mass is 10.2. The first-order valence-corrected chi connectivity index (χ1v) is 8.46. The number of morpholine rings is 1. The third-order valence-electron chi connectivity index (χ3n) is 4.66. The first-order valence-electron chi connectivity index (χ1n) is 8.46. The van der Waals surface area contributed by atoms with E-state index in [-0.39, 0.29) is 18.1 Å². The van der Waals surface area contributed by atoms with E-state index in [0.29, 0.717) is 12.5 Å². The zero-order valence-electron chi connectivity index (χ0n) is 14.2. The van der Waals surface area contributed by atoms with Crippen LogP contribution in [-0.2, 0) is 14.3 Å². The van der Waals surface area contributed by atoms with Gasteiger partial charge in [-0.25, -0.2) is 0 Å². The van der Waals surface area contributed by atoms with E-state index < -0.39 is 0 Å². The summed E-state index contributed by atoms with van der Waals surface area (Å²) in [6.07, 6.45) is 1.60. The van der Waals surface area contributed by atoms with Crippen LogP contribution in [0.1, 0.15) is 26.7 Å². The fourth-order valence-corrected chi connectivity index (χ4v) is 3.17. The molecule has 0 spiro atoms. The predicted octanol–water partition coefficient (Wildman–Crippen LogP) is 0.323. The summed E-state index contributed by atoms with van der Waals surface area (Å²) in [4.78, 5) is 16.9. The molecule has 0 aromatic carbocycles. The molecule has 0 aromatic heterocycles. The number of rotatable bonds is 7. The summed E-state index contributed by atoms with van der Waals surface area (Å²) in [6.45, 7) is 10.7. The highest BCUT2D eigenvalue weighted by Crippen LogP contribution is 2.16. The zero-order valence-corrected chi connectivity index (χ0v) is 14.2. The average Bonchev–Trinajstić information content (AvgIpc) is 2.91. The van der Waals surface area contributed by atoms with Gasteiger partial charge < -0.3 is 14.8 Å². The fraction of sp³-hybridized carbons (Fsp3) is 0.938. The van der Waals surface area contributed by atoms with Gasteiger partial charge in [0.2, 0.25) is 5.91 Å². The number of amides is 1. The number of carbonyl (C=O) groups is 1. The normalized spacial score (nSPS) is 27.5. The quantitative estimate of drug-likeness (QED) is 0.734. The Balaban J connectivity index is 1.67. The van der Waals surface area contributed by atoms with Gasteiger partial charge in [-0.2, -0.15) is 0 Å². The summed E-state index contributed by atoms with van der Waals surface area (Å²) >= 11 is 0. The molecule has 128 valence electrons. The highest BCUT2D eigenvalue weighted by Gasteiger charge is 2.34. The summed E-state index contributed by atoms with van der Waals surface area (Å²) in [5.41, 5.74) is 0. The van der Waals surface area contributed by atoms with Crippen LogP contribution in [0.2, 0.25) is 0 Å². The summed E-state index contributed by atoms with van der Waals surface area (Å²) < 4.78 is 10.9. The molecule has 0 aliphatic carbocycles. The molecule has 6 nitrogen and oxygen atoms in total. The molecular weight excluding hydrogens is 282 g/mol. The Hall–Kier alpha value is -0.690. The van der Waals surface area contributed by atoms with Crippen LogP contribution >= 0.6 is 0 Å².